The van der Waals surface area contributed by atoms with Crippen LogP contribution in [0.15, 0.2) is 54.6 Å². The Labute approximate surface area is 116 Å². The molecule has 0 aromatic heterocycles. The van der Waals surface area contributed by atoms with Crippen LogP contribution >= 0.6 is 0 Å². The third kappa shape index (κ3) is 4.64. The Morgan fingerprint density at radius 3 is 2.11 bits per heavy atom. The van der Waals surface area contributed by atoms with Gasteiger partial charge in [0.25, 0.3) is 0 Å². The molecule has 0 bridgehead atoms. The van der Waals surface area contributed by atoms with E-state index in [0.29, 0.717) is 0 Å². The minimum atomic E-state index is -1.23. The van der Waals surface area contributed by atoms with Gasteiger partial charge in [-0.1, -0.05) is 67.2 Å². The van der Waals surface area contributed by atoms with Gasteiger partial charge in [0.05, 0.1) is 8.07 Å². The van der Waals surface area contributed by atoms with Crippen molar-refractivity contribution < 1.29 is 4.39 Å². The fourth-order valence-corrected chi connectivity index (χ4v) is 4.85. The Morgan fingerprint density at radius 1 is 0.842 bits per heavy atom. The van der Waals surface area contributed by atoms with E-state index in [4.69, 9.17) is 0 Å². The first kappa shape index (κ1) is 14.0. The van der Waals surface area contributed by atoms with Gasteiger partial charge in [0.2, 0.25) is 0 Å². The Morgan fingerprint density at radius 2 is 1.47 bits per heavy atom. The lowest BCUT2D eigenvalue weighted by Gasteiger charge is -2.22. The van der Waals surface area contributed by atoms with E-state index >= 15 is 0 Å². The van der Waals surface area contributed by atoms with Crippen molar-refractivity contribution in [1.29, 1.82) is 0 Å². The molecular formula is C17H21FSi. The number of rotatable bonds is 5. The molecule has 0 saturated carbocycles. The number of hydrogen-bond donors (Lipinski definition) is 0. The maximum Gasteiger partial charge on any atom is 0.123 e. The summed E-state index contributed by atoms with van der Waals surface area (Å²) in [6.45, 7) is 4.87. The van der Waals surface area contributed by atoms with Gasteiger partial charge in [-0.15, -0.1) is 0 Å². The first-order valence-electron chi connectivity index (χ1n) is 6.84. The fraction of sp³-hybridized carbons (Fsp3) is 0.294. The molecule has 0 nitrogen and oxygen atoms in total. The summed E-state index contributed by atoms with van der Waals surface area (Å²) in [5, 5.41) is 0. The van der Waals surface area contributed by atoms with Crippen LogP contribution in [0, 0.1) is 5.82 Å². The molecule has 19 heavy (non-hydrogen) atoms. The van der Waals surface area contributed by atoms with Gasteiger partial charge in [-0.05, 0) is 30.2 Å². The van der Waals surface area contributed by atoms with E-state index < -0.39 is 8.07 Å². The van der Waals surface area contributed by atoms with Gasteiger partial charge < -0.3 is 0 Å². The maximum atomic E-state index is 12.9. The van der Waals surface area contributed by atoms with Crippen LogP contribution in [0.2, 0.25) is 19.1 Å². The minimum absolute atomic E-state index is 0.149. The van der Waals surface area contributed by atoms with Crippen LogP contribution in [-0.2, 0) is 12.5 Å². The standard InChI is InChI=1S/C17H21FSi/c1-19(2,14-16-6-4-3-5-7-16)13-12-15-8-10-17(18)11-9-15/h3-11H,12-14H2,1-2H3. The molecule has 0 heterocycles. The smallest absolute Gasteiger partial charge is 0.123 e. The van der Waals surface area contributed by atoms with E-state index in [9.17, 15) is 4.39 Å². The molecule has 0 aliphatic carbocycles. The molecule has 2 rings (SSSR count). The number of halogens is 1. The third-order valence-corrected chi connectivity index (χ3v) is 6.50. The fourth-order valence-electron chi connectivity index (χ4n) is 2.37. The van der Waals surface area contributed by atoms with Crippen molar-refractivity contribution >= 4 is 8.07 Å². The summed E-state index contributed by atoms with van der Waals surface area (Å²) in [5.41, 5.74) is 2.69. The molecule has 0 fully saturated rings. The van der Waals surface area contributed by atoms with Gasteiger partial charge in [-0.25, -0.2) is 4.39 Å². The van der Waals surface area contributed by atoms with Gasteiger partial charge in [0, 0.05) is 0 Å². The predicted octanol–water partition coefficient (Wildman–Crippen LogP) is 4.86. The van der Waals surface area contributed by atoms with E-state index in [1.54, 1.807) is 12.1 Å². The summed E-state index contributed by atoms with van der Waals surface area (Å²) in [7, 11) is -1.23. The highest BCUT2D eigenvalue weighted by Gasteiger charge is 2.20. The van der Waals surface area contributed by atoms with Gasteiger partial charge in [0.15, 0.2) is 0 Å². The molecule has 0 unspecified atom stereocenters. The first-order valence-corrected chi connectivity index (χ1v) is 10.2. The average molecular weight is 272 g/mol. The highest BCUT2D eigenvalue weighted by atomic mass is 28.3. The molecule has 2 aromatic carbocycles. The summed E-state index contributed by atoms with van der Waals surface area (Å²) in [5.74, 6) is -0.149. The van der Waals surface area contributed by atoms with Crippen LogP contribution < -0.4 is 0 Å². The molecule has 0 N–H and O–H groups in total. The van der Waals surface area contributed by atoms with E-state index in [1.165, 1.54) is 23.2 Å². The molecule has 0 atom stereocenters. The topological polar surface area (TPSA) is 0 Å². The minimum Gasteiger partial charge on any atom is -0.207 e. The van der Waals surface area contributed by atoms with E-state index in [2.05, 4.69) is 43.4 Å². The number of benzene rings is 2. The molecule has 0 aliphatic rings. The quantitative estimate of drug-likeness (QED) is 0.682. The van der Waals surface area contributed by atoms with Crippen LogP contribution in [0.1, 0.15) is 11.1 Å². The Kier molecular flexibility index (Phi) is 4.54. The zero-order chi connectivity index (χ0) is 13.7. The van der Waals surface area contributed by atoms with Crippen molar-refractivity contribution in [2.45, 2.75) is 31.6 Å². The maximum absolute atomic E-state index is 12.9. The number of aryl methyl sites for hydroxylation is 1. The largest absolute Gasteiger partial charge is 0.207 e. The SMILES string of the molecule is C[Si](C)(CCc1ccc(F)cc1)Cc1ccccc1. The zero-order valence-electron chi connectivity index (χ0n) is 11.7. The van der Waals surface area contributed by atoms with Crippen molar-refractivity contribution in [3.63, 3.8) is 0 Å². The predicted molar refractivity (Wildman–Crippen MR) is 82.5 cm³/mol. The zero-order valence-corrected chi connectivity index (χ0v) is 12.7. The van der Waals surface area contributed by atoms with Crippen LogP contribution in [0.5, 0.6) is 0 Å². The lowest BCUT2D eigenvalue weighted by molar-refractivity contribution is 0.627. The molecule has 0 aliphatic heterocycles. The monoisotopic (exact) mass is 272 g/mol. The third-order valence-electron chi connectivity index (χ3n) is 3.53. The van der Waals surface area contributed by atoms with E-state index in [0.717, 1.165) is 6.42 Å². The lowest BCUT2D eigenvalue weighted by Crippen LogP contribution is -2.29. The van der Waals surface area contributed by atoms with Crippen LogP contribution in [-0.4, -0.2) is 8.07 Å². The van der Waals surface area contributed by atoms with Crippen molar-refractivity contribution in [2.24, 2.45) is 0 Å². The lowest BCUT2D eigenvalue weighted by atomic mass is 10.2. The summed E-state index contributed by atoms with van der Waals surface area (Å²) < 4.78 is 12.9. The molecule has 100 valence electrons. The van der Waals surface area contributed by atoms with Crippen LogP contribution in [0.25, 0.3) is 0 Å². The molecular weight excluding hydrogens is 251 g/mol. The van der Waals surface area contributed by atoms with Gasteiger partial charge >= 0.3 is 0 Å². The van der Waals surface area contributed by atoms with Gasteiger partial charge in [-0.3, -0.25) is 0 Å². The van der Waals surface area contributed by atoms with Gasteiger partial charge in [0.1, 0.15) is 5.82 Å². The summed E-state index contributed by atoms with van der Waals surface area (Å²) in [4.78, 5) is 0. The molecule has 0 amide bonds. The van der Waals surface area contributed by atoms with Gasteiger partial charge in [-0.2, -0.15) is 0 Å². The Hall–Kier alpha value is -1.41. The van der Waals surface area contributed by atoms with Crippen LogP contribution in [0.4, 0.5) is 4.39 Å². The Bertz CT molecular complexity index is 503. The molecule has 0 spiro atoms. The van der Waals surface area contributed by atoms with Crippen molar-refractivity contribution in [2.75, 3.05) is 0 Å². The van der Waals surface area contributed by atoms with Crippen molar-refractivity contribution in [1.82, 2.24) is 0 Å². The number of hydrogen-bond acceptors (Lipinski definition) is 0. The van der Waals surface area contributed by atoms with E-state index in [-0.39, 0.29) is 5.82 Å². The van der Waals surface area contributed by atoms with Crippen LogP contribution in [0.3, 0.4) is 0 Å². The second kappa shape index (κ2) is 6.16. The highest BCUT2D eigenvalue weighted by molar-refractivity contribution is 6.76. The summed E-state index contributed by atoms with van der Waals surface area (Å²) >= 11 is 0. The summed E-state index contributed by atoms with van der Waals surface area (Å²) in [6, 6.07) is 20.1. The second-order valence-electron chi connectivity index (χ2n) is 5.95. The van der Waals surface area contributed by atoms with Crippen molar-refractivity contribution in [3.05, 3.63) is 71.5 Å². The highest BCUT2D eigenvalue weighted by Crippen LogP contribution is 2.19. The Balaban J connectivity index is 1.92. The molecule has 0 radical (unpaired) electrons. The average Bonchev–Trinajstić information content (AvgIpc) is 2.39. The first-order chi connectivity index (χ1) is 9.05. The van der Waals surface area contributed by atoms with E-state index in [1.807, 2.05) is 12.1 Å². The molecule has 0 saturated heterocycles. The molecule has 2 heteroatoms. The normalized spacial score (nSPS) is 11.5. The second-order valence-corrected chi connectivity index (χ2v) is 11.1. The molecule has 2 aromatic rings. The summed E-state index contributed by atoms with van der Waals surface area (Å²) in [6.07, 6.45) is 1.06. The van der Waals surface area contributed by atoms with Crippen molar-refractivity contribution in [3.8, 4) is 0 Å².